The highest BCUT2D eigenvalue weighted by molar-refractivity contribution is 7.99. The van der Waals surface area contributed by atoms with Crippen molar-refractivity contribution in [3.63, 3.8) is 0 Å². The number of carbonyl (C=O) groups excluding carboxylic acids is 1. The molecule has 0 unspecified atom stereocenters. The maximum absolute atomic E-state index is 14.1. The van der Waals surface area contributed by atoms with Gasteiger partial charge in [0.05, 0.1) is 11.3 Å². The number of aromatic amines is 1. The molecule has 1 aliphatic rings. The van der Waals surface area contributed by atoms with Gasteiger partial charge >= 0.3 is 11.3 Å². The highest BCUT2D eigenvalue weighted by Gasteiger charge is 2.44. The first-order valence-corrected chi connectivity index (χ1v) is 10.8. The molecule has 1 atom stereocenters. The molecule has 1 N–H and O–H groups in total. The number of thioether (sulfide) groups is 1. The van der Waals surface area contributed by atoms with Crippen LogP contribution in [0.3, 0.4) is 0 Å². The van der Waals surface area contributed by atoms with Crippen LogP contribution in [-0.2, 0) is 4.79 Å². The van der Waals surface area contributed by atoms with Crippen LogP contribution in [0.1, 0.15) is 38.4 Å². The summed E-state index contributed by atoms with van der Waals surface area (Å²) in [4.78, 5) is 30.2. The van der Waals surface area contributed by atoms with Crippen LogP contribution >= 0.6 is 11.8 Å². The van der Waals surface area contributed by atoms with Crippen molar-refractivity contribution in [1.82, 2.24) is 10.1 Å². The molecule has 1 amide bonds. The Morgan fingerprint density at radius 3 is 2.80 bits per heavy atom. The van der Waals surface area contributed by atoms with Crippen molar-refractivity contribution in [2.45, 2.75) is 38.0 Å². The standard InChI is InChI=1S/C22H21FN4O2S/c1-3-4-12-30-22-24-20(29)19-17-10-5-6-11-18(17)26(14(2)28)21(27(19)25-22)15-8-7-9-16(23)13-15/h5-11,13,21H,3-4,12H2,1-2H3/p+1/t21-/m0/s1. The van der Waals surface area contributed by atoms with Gasteiger partial charge in [0.1, 0.15) is 5.82 Å². The molecule has 6 nitrogen and oxygen atoms in total. The number of amides is 1. The number of halogens is 1. The Labute approximate surface area is 177 Å². The van der Waals surface area contributed by atoms with Crippen LogP contribution in [0, 0.1) is 5.82 Å². The van der Waals surface area contributed by atoms with Crippen molar-refractivity contribution in [2.24, 2.45) is 0 Å². The van der Waals surface area contributed by atoms with Crippen LogP contribution in [-0.4, -0.2) is 21.7 Å². The van der Waals surface area contributed by atoms with E-state index in [0.29, 0.717) is 27.7 Å². The van der Waals surface area contributed by atoms with Gasteiger partial charge in [-0.3, -0.25) is 14.6 Å². The molecule has 2 heterocycles. The third kappa shape index (κ3) is 3.63. The number of aromatic nitrogens is 3. The molecule has 2 aromatic carbocycles. The van der Waals surface area contributed by atoms with Gasteiger partial charge in [-0.1, -0.05) is 43.3 Å². The molecule has 1 aromatic heterocycles. The topological polar surface area (TPSA) is 69.9 Å². The molecular formula is C22H22FN4O2S+. The van der Waals surface area contributed by atoms with E-state index in [1.807, 2.05) is 12.1 Å². The molecule has 0 radical (unpaired) electrons. The Hall–Kier alpha value is -3.00. The van der Waals surface area contributed by atoms with Crippen molar-refractivity contribution in [1.29, 1.82) is 0 Å². The minimum absolute atomic E-state index is 0.225. The first-order valence-electron chi connectivity index (χ1n) is 9.85. The zero-order valence-corrected chi connectivity index (χ0v) is 17.6. The maximum atomic E-state index is 14.1. The van der Waals surface area contributed by atoms with Crippen LogP contribution < -0.4 is 15.1 Å². The fourth-order valence-corrected chi connectivity index (χ4v) is 4.60. The van der Waals surface area contributed by atoms with Gasteiger partial charge in [-0.15, -0.1) is 0 Å². The van der Waals surface area contributed by atoms with Crippen molar-refractivity contribution >= 4 is 23.4 Å². The lowest BCUT2D eigenvalue weighted by molar-refractivity contribution is -0.763. The SMILES string of the molecule is CCCCSc1n[n+]2c(c(=O)[nH]1)-c1ccccc1N(C(C)=O)[C@@H]2c1cccc(F)c1. The van der Waals surface area contributed by atoms with Gasteiger partial charge in [0.2, 0.25) is 11.1 Å². The summed E-state index contributed by atoms with van der Waals surface area (Å²) in [6.45, 7) is 3.55. The number of benzene rings is 2. The molecular weight excluding hydrogens is 403 g/mol. The lowest BCUT2D eigenvalue weighted by Gasteiger charge is -2.31. The second-order valence-electron chi connectivity index (χ2n) is 7.09. The first-order chi connectivity index (χ1) is 14.5. The average Bonchev–Trinajstić information content (AvgIpc) is 2.72. The van der Waals surface area contributed by atoms with E-state index in [9.17, 15) is 14.0 Å². The maximum Gasteiger partial charge on any atom is 0.325 e. The summed E-state index contributed by atoms with van der Waals surface area (Å²) in [6.07, 6.45) is 1.26. The predicted octanol–water partition coefficient (Wildman–Crippen LogP) is 3.67. The molecule has 3 aromatic rings. The molecule has 0 spiro atoms. The minimum atomic E-state index is -0.768. The predicted molar refractivity (Wildman–Crippen MR) is 114 cm³/mol. The second-order valence-corrected chi connectivity index (χ2v) is 8.17. The Morgan fingerprint density at radius 2 is 2.07 bits per heavy atom. The Kier molecular flexibility index (Phi) is 5.67. The highest BCUT2D eigenvalue weighted by atomic mass is 32.2. The summed E-state index contributed by atoms with van der Waals surface area (Å²) in [5.41, 5.74) is 1.80. The summed E-state index contributed by atoms with van der Waals surface area (Å²) in [5.74, 6) is 0.174. The largest absolute Gasteiger partial charge is 0.325 e. The van der Waals surface area contributed by atoms with E-state index in [-0.39, 0.29) is 11.5 Å². The second kappa shape index (κ2) is 8.39. The fraction of sp³-hybridized carbons (Fsp3) is 0.273. The van der Waals surface area contributed by atoms with Crippen LogP contribution in [0.15, 0.2) is 58.5 Å². The number of anilines is 1. The van der Waals surface area contributed by atoms with E-state index in [1.54, 1.807) is 33.8 Å². The molecule has 1 aliphatic heterocycles. The Morgan fingerprint density at radius 1 is 1.27 bits per heavy atom. The number of H-pyrrole nitrogens is 1. The third-order valence-corrected chi connectivity index (χ3v) is 5.93. The number of hydrogen-bond donors (Lipinski definition) is 1. The van der Waals surface area contributed by atoms with Crippen LogP contribution in [0.2, 0.25) is 0 Å². The fourth-order valence-electron chi connectivity index (χ4n) is 3.66. The molecule has 0 saturated carbocycles. The molecule has 8 heteroatoms. The van der Waals surface area contributed by atoms with Gasteiger partial charge in [-0.25, -0.2) is 9.29 Å². The zero-order valence-electron chi connectivity index (χ0n) is 16.8. The van der Waals surface area contributed by atoms with Crippen LogP contribution in [0.25, 0.3) is 11.3 Å². The number of nitrogens with one attached hydrogen (secondary N) is 1. The number of unbranched alkanes of at least 4 members (excludes halogenated alkanes) is 1. The lowest BCUT2D eigenvalue weighted by atomic mass is 10.0. The Balaban J connectivity index is 1.98. The quantitative estimate of drug-likeness (QED) is 0.385. The minimum Gasteiger partial charge on any atom is -0.291 e. The molecule has 30 heavy (non-hydrogen) atoms. The van der Waals surface area contributed by atoms with Crippen molar-refractivity contribution in [2.75, 3.05) is 10.7 Å². The van der Waals surface area contributed by atoms with E-state index in [4.69, 9.17) is 0 Å². The van der Waals surface area contributed by atoms with Crippen molar-refractivity contribution < 1.29 is 13.9 Å². The van der Waals surface area contributed by atoms with E-state index in [1.165, 1.54) is 30.8 Å². The molecule has 0 saturated heterocycles. The van der Waals surface area contributed by atoms with Gasteiger partial charge in [0, 0.05) is 23.3 Å². The highest BCUT2D eigenvalue weighted by Crippen LogP contribution is 2.37. The molecule has 4 rings (SSSR count). The summed E-state index contributed by atoms with van der Waals surface area (Å²) in [6, 6.07) is 13.3. The van der Waals surface area contributed by atoms with Crippen LogP contribution in [0.5, 0.6) is 0 Å². The Bertz CT molecular complexity index is 1160. The monoisotopic (exact) mass is 425 g/mol. The van der Waals surface area contributed by atoms with Gasteiger partial charge in [0.15, 0.2) is 0 Å². The lowest BCUT2D eigenvalue weighted by Crippen LogP contribution is -2.60. The summed E-state index contributed by atoms with van der Waals surface area (Å²) in [7, 11) is 0. The van der Waals surface area contributed by atoms with Crippen LogP contribution in [0.4, 0.5) is 10.1 Å². The van der Waals surface area contributed by atoms with E-state index in [0.717, 1.165) is 18.6 Å². The molecule has 154 valence electrons. The summed E-state index contributed by atoms with van der Waals surface area (Å²) in [5, 5.41) is 5.15. The number of hydrogen-bond acceptors (Lipinski definition) is 4. The molecule has 0 fully saturated rings. The zero-order chi connectivity index (χ0) is 21.3. The van der Waals surface area contributed by atoms with Gasteiger partial charge in [-0.2, -0.15) is 0 Å². The van der Waals surface area contributed by atoms with Gasteiger partial charge in [-0.05, 0) is 41.4 Å². The third-order valence-electron chi connectivity index (χ3n) is 4.98. The normalized spacial score (nSPS) is 14.9. The number of rotatable bonds is 5. The molecule has 0 bridgehead atoms. The average molecular weight is 426 g/mol. The summed E-state index contributed by atoms with van der Waals surface area (Å²) < 4.78 is 15.6. The van der Waals surface area contributed by atoms with E-state index in [2.05, 4.69) is 17.0 Å². The van der Waals surface area contributed by atoms with Gasteiger partial charge < -0.3 is 0 Å². The number of carbonyl (C=O) groups is 1. The summed E-state index contributed by atoms with van der Waals surface area (Å²) >= 11 is 1.46. The van der Waals surface area contributed by atoms with Crippen molar-refractivity contribution in [3.05, 3.63) is 70.3 Å². The smallest absolute Gasteiger partial charge is 0.291 e. The van der Waals surface area contributed by atoms with Crippen molar-refractivity contribution in [3.8, 4) is 11.3 Å². The van der Waals surface area contributed by atoms with Gasteiger partial charge in [0.25, 0.3) is 6.17 Å². The first kappa shape index (κ1) is 20.3. The number of nitrogens with zero attached hydrogens (tertiary/aromatic N) is 3. The molecule has 0 aliphatic carbocycles. The number of para-hydroxylation sites is 1. The van der Waals surface area contributed by atoms with E-state index < -0.39 is 12.0 Å². The number of fused-ring (bicyclic) bond motifs is 3. The van der Waals surface area contributed by atoms with E-state index >= 15 is 0 Å².